The van der Waals surface area contributed by atoms with Crippen LogP contribution in [0.4, 0.5) is 0 Å². The summed E-state index contributed by atoms with van der Waals surface area (Å²) in [6.07, 6.45) is 1.18. The molecule has 1 aliphatic rings. The summed E-state index contributed by atoms with van der Waals surface area (Å²) in [6.45, 7) is -3.49. The standard InChI is InChI=1S/C12H16ClN5O2/c1-19-11-9-10(15-12(13)16-11)14-8-18(9)3-2-17-4-6-20-7-5-17/h8H,2-7H2,1H3/i2D2,3D2. The fourth-order valence-electron chi connectivity index (χ4n) is 1.90. The Kier molecular flexibility index (Phi) is 2.80. The van der Waals surface area contributed by atoms with Crippen LogP contribution in [-0.2, 0) is 11.2 Å². The molecular formula is C12H16ClN5O2. The maximum absolute atomic E-state index is 8.42. The number of halogens is 1. The number of methoxy groups -OCH3 is 1. The van der Waals surface area contributed by atoms with Crippen molar-refractivity contribution in [2.45, 2.75) is 6.50 Å². The molecule has 0 aliphatic carbocycles. The molecule has 0 spiro atoms. The molecular weight excluding hydrogens is 282 g/mol. The number of imidazole rings is 1. The summed E-state index contributed by atoms with van der Waals surface area (Å²) in [4.78, 5) is 13.3. The zero-order valence-corrected chi connectivity index (χ0v) is 11.6. The fourth-order valence-corrected chi connectivity index (χ4v) is 2.05. The Morgan fingerprint density at radius 2 is 2.20 bits per heavy atom. The lowest BCUT2D eigenvalue weighted by Gasteiger charge is -2.26. The number of hydrogen-bond donors (Lipinski definition) is 0. The molecule has 1 fully saturated rings. The number of hydrogen-bond acceptors (Lipinski definition) is 6. The molecule has 20 heavy (non-hydrogen) atoms. The Morgan fingerprint density at radius 1 is 1.40 bits per heavy atom. The third kappa shape index (κ3) is 2.70. The molecule has 0 amide bonds. The molecule has 2 aromatic heterocycles. The maximum Gasteiger partial charge on any atom is 0.244 e. The van der Waals surface area contributed by atoms with Crippen molar-refractivity contribution in [3.8, 4) is 5.88 Å². The Hall–Kier alpha value is -1.44. The van der Waals surface area contributed by atoms with Crippen LogP contribution in [0, 0.1) is 0 Å². The van der Waals surface area contributed by atoms with Crippen molar-refractivity contribution in [2.75, 3.05) is 39.9 Å². The van der Waals surface area contributed by atoms with Gasteiger partial charge in [0.2, 0.25) is 11.2 Å². The van der Waals surface area contributed by atoms with Gasteiger partial charge < -0.3 is 14.0 Å². The average Bonchev–Trinajstić information content (AvgIpc) is 2.99. The molecule has 0 aromatic carbocycles. The van der Waals surface area contributed by atoms with Gasteiger partial charge in [0.05, 0.1) is 29.4 Å². The Morgan fingerprint density at radius 3 is 2.95 bits per heavy atom. The van der Waals surface area contributed by atoms with Crippen LogP contribution in [0.5, 0.6) is 5.88 Å². The lowest BCUT2D eigenvalue weighted by Crippen LogP contribution is -2.38. The van der Waals surface area contributed by atoms with Gasteiger partial charge in [-0.2, -0.15) is 9.97 Å². The first-order valence-electron chi connectivity index (χ1n) is 8.07. The maximum atomic E-state index is 8.42. The zero-order valence-electron chi connectivity index (χ0n) is 14.8. The van der Waals surface area contributed by atoms with Crippen molar-refractivity contribution >= 4 is 22.8 Å². The summed E-state index contributed by atoms with van der Waals surface area (Å²) in [5.74, 6) is 0.0316. The predicted octanol–water partition coefficient (Wildman–Crippen LogP) is 0.820. The van der Waals surface area contributed by atoms with E-state index >= 15 is 0 Å². The summed E-state index contributed by atoms with van der Waals surface area (Å²) in [5.41, 5.74) is 0.275. The minimum Gasteiger partial charge on any atom is -0.479 e. The van der Waals surface area contributed by atoms with Gasteiger partial charge in [-0.1, -0.05) is 0 Å². The Labute approximate surface area is 127 Å². The highest BCUT2D eigenvalue weighted by Crippen LogP contribution is 2.23. The van der Waals surface area contributed by atoms with Crippen molar-refractivity contribution in [1.82, 2.24) is 24.4 Å². The molecule has 0 unspecified atom stereocenters. The molecule has 0 radical (unpaired) electrons. The molecule has 0 bridgehead atoms. The van der Waals surface area contributed by atoms with Gasteiger partial charge in [-0.3, -0.25) is 4.90 Å². The predicted molar refractivity (Wildman–Crippen MR) is 74.1 cm³/mol. The highest BCUT2D eigenvalue weighted by Gasteiger charge is 2.15. The van der Waals surface area contributed by atoms with Crippen LogP contribution in [0.25, 0.3) is 11.2 Å². The van der Waals surface area contributed by atoms with Crippen LogP contribution in [-0.4, -0.2) is 64.3 Å². The quantitative estimate of drug-likeness (QED) is 0.779. The molecule has 108 valence electrons. The normalized spacial score (nSPS) is 21.1. The highest BCUT2D eigenvalue weighted by atomic mass is 35.5. The summed E-state index contributed by atoms with van der Waals surface area (Å²) in [5, 5.41) is -0.0821. The molecule has 1 aliphatic heterocycles. The van der Waals surface area contributed by atoms with E-state index in [0.717, 1.165) is 4.57 Å². The third-order valence-corrected chi connectivity index (χ3v) is 3.04. The van der Waals surface area contributed by atoms with Gasteiger partial charge in [0, 0.05) is 28.8 Å². The van der Waals surface area contributed by atoms with E-state index in [9.17, 15) is 0 Å². The lowest BCUT2D eigenvalue weighted by molar-refractivity contribution is 0.0365. The molecule has 3 heterocycles. The largest absolute Gasteiger partial charge is 0.479 e. The zero-order chi connectivity index (χ0) is 17.5. The van der Waals surface area contributed by atoms with Crippen LogP contribution in [0.2, 0.25) is 5.28 Å². The van der Waals surface area contributed by atoms with E-state index in [1.807, 2.05) is 0 Å². The second kappa shape index (κ2) is 5.90. The third-order valence-electron chi connectivity index (χ3n) is 2.88. The van der Waals surface area contributed by atoms with Gasteiger partial charge in [-0.05, 0) is 11.6 Å². The van der Waals surface area contributed by atoms with Gasteiger partial charge in [0.25, 0.3) is 0 Å². The van der Waals surface area contributed by atoms with E-state index in [1.54, 1.807) is 0 Å². The first kappa shape index (κ1) is 9.49. The molecule has 3 rings (SSSR count). The Bertz CT molecular complexity index is 750. The number of rotatable bonds is 4. The van der Waals surface area contributed by atoms with Crippen molar-refractivity contribution in [3.63, 3.8) is 0 Å². The van der Waals surface area contributed by atoms with Crippen molar-refractivity contribution in [2.24, 2.45) is 0 Å². The minimum atomic E-state index is -2.45. The van der Waals surface area contributed by atoms with Gasteiger partial charge in [-0.15, -0.1) is 0 Å². The lowest BCUT2D eigenvalue weighted by atomic mass is 10.4. The number of nitrogens with zero attached hydrogens (tertiary/aromatic N) is 5. The highest BCUT2D eigenvalue weighted by molar-refractivity contribution is 6.28. The van der Waals surface area contributed by atoms with E-state index in [4.69, 9.17) is 26.6 Å². The van der Waals surface area contributed by atoms with E-state index in [0.29, 0.717) is 26.3 Å². The summed E-state index contributed by atoms with van der Waals surface area (Å²) < 4.78 is 44.9. The number of aryl methyl sites for hydroxylation is 1. The SMILES string of the molecule is [2H]C([2H])(N1CCOCC1)C([2H])([2H])n1cnc2nc(Cl)nc(OC)c21. The van der Waals surface area contributed by atoms with E-state index < -0.39 is 13.0 Å². The molecule has 2 aromatic rings. The minimum absolute atomic E-state index is 0.0316. The number of morpholine rings is 1. The number of fused-ring (bicyclic) bond motifs is 1. The van der Waals surface area contributed by atoms with Gasteiger partial charge in [0.1, 0.15) is 0 Å². The molecule has 7 nitrogen and oxygen atoms in total. The first-order chi connectivity index (χ1) is 11.3. The summed E-state index contributed by atoms with van der Waals surface area (Å²) >= 11 is 5.80. The number of ether oxygens (including phenoxy) is 2. The second-order valence-electron chi connectivity index (χ2n) is 4.11. The smallest absolute Gasteiger partial charge is 0.244 e. The van der Waals surface area contributed by atoms with Crippen molar-refractivity contribution in [1.29, 1.82) is 0 Å². The van der Waals surface area contributed by atoms with Crippen LogP contribution in [0.15, 0.2) is 6.33 Å². The van der Waals surface area contributed by atoms with E-state index in [2.05, 4.69) is 15.0 Å². The van der Waals surface area contributed by atoms with E-state index in [1.165, 1.54) is 18.3 Å². The van der Waals surface area contributed by atoms with Gasteiger partial charge >= 0.3 is 0 Å². The molecule has 1 saturated heterocycles. The van der Waals surface area contributed by atoms with Crippen molar-refractivity contribution < 1.29 is 15.0 Å². The summed E-state index contributed by atoms with van der Waals surface area (Å²) in [7, 11) is 1.36. The molecule has 0 saturated carbocycles. The van der Waals surface area contributed by atoms with Gasteiger partial charge in [0.15, 0.2) is 11.2 Å². The van der Waals surface area contributed by atoms with Crippen LogP contribution >= 0.6 is 11.6 Å². The fraction of sp³-hybridized carbons (Fsp3) is 0.583. The monoisotopic (exact) mass is 301 g/mol. The van der Waals surface area contributed by atoms with Crippen molar-refractivity contribution in [3.05, 3.63) is 11.6 Å². The molecule has 0 N–H and O–H groups in total. The Balaban J connectivity index is 2.10. The van der Waals surface area contributed by atoms with Gasteiger partial charge in [-0.25, -0.2) is 4.98 Å². The summed E-state index contributed by atoms with van der Waals surface area (Å²) in [6, 6.07) is 0. The topological polar surface area (TPSA) is 65.3 Å². The second-order valence-corrected chi connectivity index (χ2v) is 4.45. The first-order valence-corrected chi connectivity index (χ1v) is 6.44. The molecule has 0 atom stereocenters. The van der Waals surface area contributed by atoms with E-state index in [-0.39, 0.29) is 22.3 Å². The van der Waals surface area contributed by atoms with Crippen LogP contribution in [0.3, 0.4) is 0 Å². The molecule has 8 heteroatoms. The van der Waals surface area contributed by atoms with Crippen LogP contribution in [0.1, 0.15) is 5.48 Å². The number of aromatic nitrogens is 4. The van der Waals surface area contributed by atoms with Crippen LogP contribution < -0.4 is 4.74 Å². The average molecular weight is 302 g/mol.